The van der Waals surface area contributed by atoms with Crippen molar-refractivity contribution in [2.24, 2.45) is 0 Å². The van der Waals surface area contributed by atoms with Gasteiger partial charge in [-0.1, -0.05) is 285 Å². The molecule has 0 aliphatic rings. The van der Waals surface area contributed by atoms with Crippen LogP contribution in [0.1, 0.15) is 0 Å². The van der Waals surface area contributed by atoms with Crippen LogP contribution in [-0.4, -0.2) is 18.3 Å². The molecule has 106 heavy (non-hydrogen) atoms. The van der Waals surface area contributed by atoms with E-state index in [1.807, 2.05) is 0 Å². The molecule has 0 fully saturated rings. The van der Waals surface area contributed by atoms with Gasteiger partial charge in [-0.3, -0.25) is 0 Å². The van der Waals surface area contributed by atoms with Crippen molar-refractivity contribution in [1.29, 1.82) is 0 Å². The Hall–Kier alpha value is -14.1. The van der Waals surface area contributed by atoms with E-state index in [9.17, 15) is 0 Å². The fourth-order valence-electron chi connectivity index (χ4n) is 18.5. The SMILES string of the molecule is c1ccc(-n2c3ccccc3c3ccc(-c4cccc5c4c4ccccc4n5-c4ccc5c6ccc(-c7ccc(-c8cccc(-n9c%10ccccc%10c%10cccc(-c%11cccc%12c%13ccccc%13n(-c%13ccc%14c%15ccccc%15c%15ccccc%15c%14c%13)c%11%12)c%109)c8)cc7)cc6c6ccccc6c5c4)cc32)cc1. The van der Waals surface area contributed by atoms with Crippen LogP contribution >= 0.6 is 0 Å². The molecule has 0 bridgehead atoms. The van der Waals surface area contributed by atoms with Crippen LogP contribution in [0.25, 0.3) is 219 Å². The predicted octanol–water partition coefficient (Wildman–Crippen LogP) is 27.7. The van der Waals surface area contributed by atoms with Gasteiger partial charge in [-0.2, -0.15) is 0 Å². The molecule has 0 aliphatic carbocycles. The Labute approximate surface area is 609 Å². The van der Waals surface area contributed by atoms with E-state index in [0.29, 0.717) is 0 Å². The molecule has 4 heteroatoms. The summed E-state index contributed by atoms with van der Waals surface area (Å²) in [4.78, 5) is 0. The summed E-state index contributed by atoms with van der Waals surface area (Å²) in [5.41, 5.74) is 23.5. The zero-order valence-corrected chi connectivity index (χ0v) is 57.6. The van der Waals surface area contributed by atoms with Crippen molar-refractivity contribution in [3.05, 3.63) is 376 Å². The average Bonchev–Trinajstić information content (AvgIpc) is 1.71. The lowest BCUT2D eigenvalue weighted by Gasteiger charge is -2.17. The molecule has 0 N–H and O–H groups in total. The van der Waals surface area contributed by atoms with E-state index in [1.165, 1.54) is 185 Å². The Kier molecular flexibility index (Phi) is 12.6. The van der Waals surface area contributed by atoms with E-state index < -0.39 is 0 Å². The Morgan fingerprint density at radius 1 is 0.132 bits per heavy atom. The minimum absolute atomic E-state index is 1.11. The molecular formula is C102H62N4. The first-order valence-corrected chi connectivity index (χ1v) is 36.7. The molecule has 0 amide bonds. The van der Waals surface area contributed by atoms with Gasteiger partial charge >= 0.3 is 0 Å². The Morgan fingerprint density at radius 2 is 0.453 bits per heavy atom. The van der Waals surface area contributed by atoms with Gasteiger partial charge in [-0.25, -0.2) is 0 Å². The second kappa shape index (κ2) is 22.7. The van der Waals surface area contributed by atoms with E-state index in [-0.39, 0.29) is 0 Å². The van der Waals surface area contributed by atoms with Crippen LogP contribution in [0.3, 0.4) is 0 Å². The molecule has 4 aromatic heterocycles. The first-order chi connectivity index (χ1) is 52.6. The van der Waals surface area contributed by atoms with Crippen LogP contribution in [0, 0.1) is 0 Å². The molecule has 0 unspecified atom stereocenters. The van der Waals surface area contributed by atoms with Crippen molar-refractivity contribution in [3.63, 3.8) is 0 Å². The van der Waals surface area contributed by atoms with Gasteiger partial charge in [-0.15, -0.1) is 0 Å². The molecule has 23 aromatic rings. The zero-order valence-electron chi connectivity index (χ0n) is 57.6. The Morgan fingerprint density at radius 3 is 1.01 bits per heavy atom. The van der Waals surface area contributed by atoms with Crippen LogP contribution in [-0.2, 0) is 0 Å². The summed E-state index contributed by atoms with van der Waals surface area (Å²) in [7, 11) is 0. The molecule has 0 saturated carbocycles. The molecule has 23 rings (SSSR count). The number of benzene rings is 19. The van der Waals surface area contributed by atoms with E-state index in [2.05, 4.69) is 394 Å². The summed E-state index contributed by atoms with van der Waals surface area (Å²) >= 11 is 0. The fraction of sp³-hybridized carbons (Fsp3) is 0. The van der Waals surface area contributed by atoms with Crippen molar-refractivity contribution in [2.45, 2.75) is 0 Å². The average molecular weight is 1340 g/mol. The van der Waals surface area contributed by atoms with Gasteiger partial charge in [0.15, 0.2) is 0 Å². The normalized spacial score (nSPS) is 12.2. The monoisotopic (exact) mass is 1340 g/mol. The van der Waals surface area contributed by atoms with E-state index in [1.54, 1.807) is 0 Å². The molecule has 0 spiro atoms. The maximum absolute atomic E-state index is 2.52. The molecular weight excluding hydrogens is 1280 g/mol. The number of fused-ring (bicyclic) bond motifs is 24. The van der Waals surface area contributed by atoms with Gasteiger partial charge in [0.25, 0.3) is 0 Å². The number of aromatic nitrogens is 4. The van der Waals surface area contributed by atoms with Gasteiger partial charge < -0.3 is 18.3 Å². The summed E-state index contributed by atoms with van der Waals surface area (Å²) in [5, 5.41) is 24.9. The highest BCUT2D eigenvalue weighted by Gasteiger charge is 2.25. The first kappa shape index (κ1) is 58.6. The highest BCUT2D eigenvalue weighted by atomic mass is 15.0. The molecule has 19 aromatic carbocycles. The van der Waals surface area contributed by atoms with E-state index in [4.69, 9.17) is 0 Å². The Balaban J connectivity index is 0.613. The minimum Gasteiger partial charge on any atom is -0.309 e. The quantitative estimate of drug-likeness (QED) is 0.135. The number of hydrogen-bond acceptors (Lipinski definition) is 0. The van der Waals surface area contributed by atoms with Crippen molar-refractivity contribution in [3.8, 4) is 67.3 Å². The van der Waals surface area contributed by atoms with Crippen molar-refractivity contribution in [1.82, 2.24) is 18.3 Å². The summed E-state index contributed by atoms with van der Waals surface area (Å²) in [6.45, 7) is 0. The summed E-state index contributed by atoms with van der Waals surface area (Å²) in [6.07, 6.45) is 0. The largest absolute Gasteiger partial charge is 0.309 e. The molecule has 490 valence electrons. The van der Waals surface area contributed by atoms with E-state index in [0.717, 1.165) is 33.9 Å². The summed E-state index contributed by atoms with van der Waals surface area (Å²) < 4.78 is 9.93. The predicted molar refractivity (Wildman–Crippen MR) is 451 cm³/mol. The highest BCUT2D eigenvalue weighted by molar-refractivity contribution is 6.28. The van der Waals surface area contributed by atoms with Crippen LogP contribution in [0.4, 0.5) is 0 Å². The molecule has 0 aliphatic heterocycles. The maximum atomic E-state index is 2.52. The number of para-hydroxylation sites is 7. The van der Waals surface area contributed by atoms with Crippen LogP contribution in [0.15, 0.2) is 376 Å². The lowest BCUT2D eigenvalue weighted by molar-refractivity contribution is 1.18. The van der Waals surface area contributed by atoms with E-state index >= 15 is 0 Å². The standard InChI is InChI=1S/C102H62N4/c1-2-23-68(24-3-1)103-94-41-14-10-32-82(94)85-55-51-67(60-99(85)103)72-36-21-45-98-100(72)90-35-13-17-44-97(90)104(98)70-52-56-81-79-54-50-66(59-91(79)77-30-8-9-31-78(77)92(81)61-70)64-48-46-63(47-49-64)65-22-18-25-69(58-65)105-95-42-15-11-33-83(95)86-37-19-39-88(101(86)105)89-40-20-38-87-84-34-12-16-43-96(84)106(102(87)89)71-53-57-80-75-28-5-4-26-73(75)74-27-6-7-29-76(74)93(80)62-71/h1-62H. The van der Waals surface area contributed by atoms with Gasteiger partial charge in [0.2, 0.25) is 0 Å². The third kappa shape index (κ3) is 8.52. The minimum atomic E-state index is 1.11. The molecule has 0 atom stereocenters. The van der Waals surface area contributed by atoms with Gasteiger partial charge in [0.1, 0.15) is 0 Å². The lowest BCUT2D eigenvalue weighted by atomic mass is 9.91. The second-order valence-corrected chi connectivity index (χ2v) is 28.6. The molecule has 0 radical (unpaired) electrons. The van der Waals surface area contributed by atoms with Crippen LogP contribution in [0.5, 0.6) is 0 Å². The Bertz CT molecular complexity index is 7630. The zero-order chi connectivity index (χ0) is 69.2. The van der Waals surface area contributed by atoms with Gasteiger partial charge in [-0.05, 0) is 189 Å². The third-order valence-corrected chi connectivity index (χ3v) is 23.1. The second-order valence-electron chi connectivity index (χ2n) is 28.6. The van der Waals surface area contributed by atoms with Crippen molar-refractivity contribution >= 4 is 152 Å². The summed E-state index contributed by atoms with van der Waals surface area (Å²) in [6, 6.07) is 140. The van der Waals surface area contributed by atoms with Crippen LogP contribution in [0.2, 0.25) is 0 Å². The molecule has 0 saturated heterocycles. The number of rotatable bonds is 8. The summed E-state index contributed by atoms with van der Waals surface area (Å²) in [5.74, 6) is 0. The maximum Gasteiger partial charge on any atom is 0.0620 e. The highest BCUT2D eigenvalue weighted by Crippen LogP contribution is 2.48. The fourth-order valence-corrected chi connectivity index (χ4v) is 18.5. The first-order valence-electron chi connectivity index (χ1n) is 36.7. The van der Waals surface area contributed by atoms with Gasteiger partial charge in [0.05, 0.1) is 44.1 Å². The van der Waals surface area contributed by atoms with Crippen molar-refractivity contribution < 1.29 is 0 Å². The smallest absolute Gasteiger partial charge is 0.0620 e. The number of hydrogen-bond donors (Lipinski definition) is 0. The topological polar surface area (TPSA) is 19.7 Å². The van der Waals surface area contributed by atoms with Crippen LogP contribution < -0.4 is 0 Å². The lowest BCUT2D eigenvalue weighted by Crippen LogP contribution is -1.98. The molecule has 4 heterocycles. The third-order valence-electron chi connectivity index (χ3n) is 23.1. The number of nitrogens with zero attached hydrogens (tertiary/aromatic N) is 4. The van der Waals surface area contributed by atoms with Gasteiger partial charge in [0, 0.05) is 77.0 Å². The van der Waals surface area contributed by atoms with Crippen molar-refractivity contribution in [2.75, 3.05) is 0 Å². The molecule has 4 nitrogen and oxygen atoms in total.